The van der Waals surface area contributed by atoms with Crippen LogP contribution in [0.4, 0.5) is 0 Å². The normalized spacial score (nSPS) is 16.1. The predicted octanol–water partition coefficient (Wildman–Crippen LogP) is 4.35. The lowest BCUT2D eigenvalue weighted by molar-refractivity contribution is 0.370. The summed E-state index contributed by atoms with van der Waals surface area (Å²) < 4.78 is 6.03. The zero-order valence-corrected chi connectivity index (χ0v) is 14.2. The topological polar surface area (TPSA) is 25.4 Å². The van der Waals surface area contributed by atoms with E-state index in [9.17, 15) is 0 Å². The van der Waals surface area contributed by atoms with Gasteiger partial charge >= 0.3 is 0 Å². The van der Waals surface area contributed by atoms with Gasteiger partial charge in [0.1, 0.15) is 5.75 Å². The van der Waals surface area contributed by atoms with Gasteiger partial charge < -0.3 is 9.64 Å². The number of rotatable bonds is 3. The second-order valence-electron chi connectivity index (χ2n) is 6.60. The number of ether oxygens (including phenoxy) is 1. The van der Waals surface area contributed by atoms with Gasteiger partial charge in [0.2, 0.25) is 5.88 Å². The lowest BCUT2D eigenvalue weighted by atomic mass is 10.0. The number of aromatic nitrogens is 1. The minimum absolute atomic E-state index is 0.695. The fourth-order valence-electron chi connectivity index (χ4n) is 3.34. The Hall–Kier alpha value is -2.55. The predicted molar refractivity (Wildman–Crippen MR) is 96.4 cm³/mol. The summed E-state index contributed by atoms with van der Waals surface area (Å²) in [4.78, 5) is 6.88. The molecular weight excluding hydrogens is 296 g/mol. The highest BCUT2D eigenvalue weighted by molar-refractivity contribution is 5.41. The Labute approximate surface area is 143 Å². The molecule has 2 aromatic rings. The van der Waals surface area contributed by atoms with Crippen LogP contribution in [0.5, 0.6) is 11.6 Å². The van der Waals surface area contributed by atoms with Gasteiger partial charge in [-0.05, 0) is 73.7 Å². The SMILES string of the molecule is Cc1cnc(Oc2ccc3c(c2)CCN(C2=CC=C2)CC3)c(C)c1. The van der Waals surface area contributed by atoms with Crippen molar-refractivity contribution in [2.45, 2.75) is 26.7 Å². The van der Waals surface area contributed by atoms with Crippen LogP contribution in [0.25, 0.3) is 0 Å². The summed E-state index contributed by atoms with van der Waals surface area (Å²) in [5.74, 6) is 1.57. The van der Waals surface area contributed by atoms with Crippen molar-refractivity contribution in [1.29, 1.82) is 0 Å². The van der Waals surface area contributed by atoms with Gasteiger partial charge in [-0.2, -0.15) is 0 Å². The van der Waals surface area contributed by atoms with Crippen molar-refractivity contribution in [1.82, 2.24) is 9.88 Å². The summed E-state index contributed by atoms with van der Waals surface area (Å²) in [6.45, 7) is 6.23. The molecule has 0 radical (unpaired) electrons. The molecule has 122 valence electrons. The Morgan fingerprint density at radius 3 is 2.54 bits per heavy atom. The minimum Gasteiger partial charge on any atom is -0.439 e. The Kier molecular flexibility index (Phi) is 3.85. The van der Waals surface area contributed by atoms with Gasteiger partial charge in [-0.15, -0.1) is 0 Å². The summed E-state index contributed by atoms with van der Waals surface area (Å²) in [5.41, 5.74) is 6.41. The highest BCUT2D eigenvalue weighted by Gasteiger charge is 2.17. The molecule has 0 saturated carbocycles. The molecule has 24 heavy (non-hydrogen) atoms. The van der Waals surface area contributed by atoms with Crippen LogP contribution in [0.3, 0.4) is 0 Å². The first-order valence-corrected chi connectivity index (χ1v) is 8.55. The van der Waals surface area contributed by atoms with Crippen molar-refractivity contribution < 1.29 is 4.74 Å². The van der Waals surface area contributed by atoms with Gasteiger partial charge in [-0.1, -0.05) is 12.1 Å². The molecule has 1 aromatic carbocycles. The smallest absolute Gasteiger partial charge is 0.222 e. The fraction of sp³-hybridized carbons (Fsp3) is 0.286. The first kappa shape index (κ1) is 15.0. The molecule has 3 heteroatoms. The lowest BCUT2D eigenvalue weighted by Gasteiger charge is -2.26. The number of hydrogen-bond donors (Lipinski definition) is 0. The summed E-state index contributed by atoms with van der Waals surface area (Å²) in [6, 6.07) is 8.56. The van der Waals surface area contributed by atoms with E-state index in [4.69, 9.17) is 4.74 Å². The van der Waals surface area contributed by atoms with Crippen LogP contribution >= 0.6 is 0 Å². The Morgan fingerprint density at radius 1 is 1.04 bits per heavy atom. The molecule has 0 unspecified atom stereocenters. The van der Waals surface area contributed by atoms with E-state index in [1.807, 2.05) is 20.0 Å². The van der Waals surface area contributed by atoms with Crippen LogP contribution in [0, 0.1) is 13.8 Å². The van der Waals surface area contributed by atoms with Gasteiger partial charge in [0.25, 0.3) is 0 Å². The van der Waals surface area contributed by atoms with Crippen LogP contribution in [-0.2, 0) is 12.8 Å². The molecule has 0 fully saturated rings. The largest absolute Gasteiger partial charge is 0.439 e. The van der Waals surface area contributed by atoms with Crippen LogP contribution in [0.15, 0.2) is 54.4 Å². The highest BCUT2D eigenvalue weighted by Crippen LogP contribution is 2.28. The van der Waals surface area contributed by atoms with Crippen molar-refractivity contribution in [2.24, 2.45) is 0 Å². The number of allylic oxidation sites excluding steroid dienone is 3. The molecule has 3 nitrogen and oxygen atoms in total. The van der Waals surface area contributed by atoms with Gasteiger partial charge in [-0.3, -0.25) is 0 Å². The summed E-state index contributed by atoms with van der Waals surface area (Å²) in [6.07, 6.45) is 10.5. The van der Waals surface area contributed by atoms with Crippen molar-refractivity contribution in [3.63, 3.8) is 0 Å². The van der Waals surface area contributed by atoms with Crippen LogP contribution in [-0.4, -0.2) is 23.0 Å². The zero-order chi connectivity index (χ0) is 16.5. The quantitative estimate of drug-likeness (QED) is 0.841. The van der Waals surface area contributed by atoms with Crippen LogP contribution in [0.2, 0.25) is 0 Å². The van der Waals surface area contributed by atoms with E-state index < -0.39 is 0 Å². The Morgan fingerprint density at radius 2 is 1.83 bits per heavy atom. The van der Waals surface area contributed by atoms with E-state index in [1.165, 1.54) is 16.8 Å². The van der Waals surface area contributed by atoms with Crippen molar-refractivity contribution >= 4 is 0 Å². The zero-order valence-electron chi connectivity index (χ0n) is 14.2. The van der Waals surface area contributed by atoms with Crippen molar-refractivity contribution in [2.75, 3.05) is 13.1 Å². The van der Waals surface area contributed by atoms with E-state index in [1.54, 1.807) is 0 Å². The molecule has 0 atom stereocenters. The molecule has 2 aliphatic rings. The minimum atomic E-state index is 0.695. The first-order chi connectivity index (χ1) is 11.7. The number of hydrogen-bond acceptors (Lipinski definition) is 3. The number of fused-ring (bicyclic) bond motifs is 1. The molecular formula is C21H22N2O. The molecule has 0 saturated heterocycles. The van der Waals surface area contributed by atoms with Crippen molar-refractivity contribution in [3.8, 4) is 11.6 Å². The maximum absolute atomic E-state index is 6.03. The molecule has 2 heterocycles. The summed E-state index contributed by atoms with van der Waals surface area (Å²) in [5, 5.41) is 0. The molecule has 1 aliphatic carbocycles. The number of aryl methyl sites for hydroxylation is 2. The van der Waals surface area contributed by atoms with Crippen LogP contribution < -0.4 is 4.74 Å². The Bertz CT molecular complexity index is 836. The third-order valence-electron chi connectivity index (χ3n) is 4.76. The molecule has 1 aliphatic heterocycles. The van der Waals surface area contributed by atoms with Gasteiger partial charge in [0, 0.05) is 30.5 Å². The van der Waals surface area contributed by atoms with Crippen LogP contribution in [0.1, 0.15) is 22.3 Å². The first-order valence-electron chi connectivity index (χ1n) is 8.55. The molecule has 0 spiro atoms. The number of benzene rings is 1. The second-order valence-corrected chi connectivity index (χ2v) is 6.60. The molecule has 0 bridgehead atoms. The summed E-state index contributed by atoms with van der Waals surface area (Å²) in [7, 11) is 0. The molecule has 0 N–H and O–H groups in total. The average Bonchev–Trinajstić information content (AvgIpc) is 2.71. The van der Waals surface area contributed by atoms with E-state index in [-0.39, 0.29) is 0 Å². The number of pyridine rings is 1. The molecule has 1 aromatic heterocycles. The molecule has 4 rings (SSSR count). The summed E-state index contributed by atoms with van der Waals surface area (Å²) >= 11 is 0. The van der Waals surface area contributed by atoms with Gasteiger partial charge in [0.05, 0.1) is 0 Å². The maximum atomic E-state index is 6.03. The van der Waals surface area contributed by atoms with E-state index in [0.29, 0.717) is 5.88 Å². The average molecular weight is 318 g/mol. The third kappa shape index (κ3) is 2.94. The maximum Gasteiger partial charge on any atom is 0.222 e. The lowest BCUT2D eigenvalue weighted by Crippen LogP contribution is -2.26. The van der Waals surface area contributed by atoms with E-state index in [2.05, 4.69) is 52.4 Å². The van der Waals surface area contributed by atoms with Gasteiger partial charge in [-0.25, -0.2) is 4.98 Å². The van der Waals surface area contributed by atoms with Gasteiger partial charge in [0.15, 0.2) is 0 Å². The number of nitrogens with zero attached hydrogens (tertiary/aromatic N) is 2. The fourth-order valence-corrected chi connectivity index (χ4v) is 3.34. The third-order valence-corrected chi connectivity index (χ3v) is 4.76. The monoisotopic (exact) mass is 318 g/mol. The van der Waals surface area contributed by atoms with E-state index >= 15 is 0 Å². The standard InChI is InChI=1S/C21H22N2O/c1-15-12-16(2)21(22-14-15)24-20-7-6-17-8-10-23(19-4-3-5-19)11-9-18(17)13-20/h3-7,12-14H,8-11H2,1-2H3. The highest BCUT2D eigenvalue weighted by atomic mass is 16.5. The van der Waals surface area contributed by atoms with E-state index in [0.717, 1.165) is 42.8 Å². The molecule has 0 amide bonds. The second kappa shape index (κ2) is 6.16. The Balaban J connectivity index is 1.52. The van der Waals surface area contributed by atoms with Crippen molar-refractivity contribution in [3.05, 3.63) is 76.6 Å².